The number of rotatable bonds is 4. The lowest BCUT2D eigenvalue weighted by Gasteiger charge is -2.39. The zero-order valence-electron chi connectivity index (χ0n) is 15.5. The number of aryl methyl sites for hydroxylation is 2. The van der Waals surface area contributed by atoms with E-state index < -0.39 is 0 Å². The SMILES string of the molecule is Cc1cc(C)cc(NC(=O)NC2C[C@@H]3CC[C@@H](C2)N3Cc2cccs2)c1. The Morgan fingerprint density at radius 3 is 2.46 bits per heavy atom. The van der Waals surface area contributed by atoms with Crippen molar-refractivity contribution >= 4 is 23.1 Å². The zero-order valence-corrected chi connectivity index (χ0v) is 16.3. The largest absolute Gasteiger partial charge is 0.335 e. The summed E-state index contributed by atoms with van der Waals surface area (Å²) in [5.41, 5.74) is 3.21. The molecule has 0 aliphatic carbocycles. The Labute approximate surface area is 159 Å². The van der Waals surface area contributed by atoms with Gasteiger partial charge in [0.1, 0.15) is 0 Å². The lowest BCUT2D eigenvalue weighted by atomic mass is 9.97. The van der Waals surface area contributed by atoms with E-state index in [4.69, 9.17) is 0 Å². The molecule has 2 N–H and O–H groups in total. The molecule has 4 rings (SSSR count). The average molecular weight is 370 g/mol. The van der Waals surface area contributed by atoms with Gasteiger partial charge in [0.15, 0.2) is 0 Å². The Morgan fingerprint density at radius 1 is 1.15 bits per heavy atom. The molecule has 2 atom stereocenters. The molecule has 4 nitrogen and oxygen atoms in total. The molecule has 2 fully saturated rings. The maximum atomic E-state index is 12.4. The summed E-state index contributed by atoms with van der Waals surface area (Å²) in [5.74, 6) is 0. The van der Waals surface area contributed by atoms with Gasteiger partial charge in [0.25, 0.3) is 0 Å². The molecule has 26 heavy (non-hydrogen) atoms. The Hall–Kier alpha value is -1.85. The number of nitrogens with zero attached hydrogens (tertiary/aromatic N) is 1. The summed E-state index contributed by atoms with van der Waals surface area (Å²) in [4.78, 5) is 16.5. The van der Waals surface area contributed by atoms with Crippen LogP contribution in [0.15, 0.2) is 35.7 Å². The van der Waals surface area contributed by atoms with Crippen LogP contribution in [0.4, 0.5) is 10.5 Å². The van der Waals surface area contributed by atoms with Crippen molar-refractivity contribution in [3.05, 3.63) is 51.7 Å². The molecule has 1 aromatic carbocycles. The van der Waals surface area contributed by atoms with E-state index in [1.54, 1.807) is 0 Å². The van der Waals surface area contributed by atoms with Gasteiger partial charge in [-0.3, -0.25) is 4.90 Å². The highest BCUT2D eigenvalue weighted by Crippen LogP contribution is 2.37. The predicted molar refractivity (Wildman–Crippen MR) is 108 cm³/mol. The second kappa shape index (κ2) is 7.41. The number of carbonyl (C=O) groups excluding carboxylic acids is 1. The van der Waals surface area contributed by atoms with Crippen molar-refractivity contribution < 1.29 is 4.79 Å². The fraction of sp³-hybridized carbons (Fsp3) is 0.476. The fourth-order valence-corrected chi connectivity index (χ4v) is 5.34. The van der Waals surface area contributed by atoms with Gasteiger partial charge in [-0.05, 0) is 74.2 Å². The van der Waals surface area contributed by atoms with Gasteiger partial charge in [0.2, 0.25) is 0 Å². The summed E-state index contributed by atoms with van der Waals surface area (Å²) in [6, 6.07) is 11.9. The minimum absolute atomic E-state index is 0.0777. The van der Waals surface area contributed by atoms with Crippen molar-refractivity contribution in [2.24, 2.45) is 0 Å². The topological polar surface area (TPSA) is 44.4 Å². The average Bonchev–Trinajstić information content (AvgIpc) is 3.14. The number of hydrogen-bond acceptors (Lipinski definition) is 3. The number of urea groups is 1. The number of nitrogens with one attached hydrogen (secondary N) is 2. The molecule has 3 heterocycles. The molecule has 1 aromatic heterocycles. The normalized spacial score (nSPS) is 25.2. The van der Waals surface area contributed by atoms with E-state index in [0.717, 1.165) is 25.1 Å². The van der Waals surface area contributed by atoms with E-state index in [0.29, 0.717) is 12.1 Å². The van der Waals surface area contributed by atoms with E-state index >= 15 is 0 Å². The van der Waals surface area contributed by atoms with Crippen LogP contribution in [0.3, 0.4) is 0 Å². The summed E-state index contributed by atoms with van der Waals surface area (Å²) < 4.78 is 0. The Kier molecular flexibility index (Phi) is 5.00. The molecule has 0 spiro atoms. The van der Waals surface area contributed by atoms with Crippen LogP contribution in [0.2, 0.25) is 0 Å². The number of fused-ring (bicyclic) bond motifs is 2. The first-order valence-corrected chi connectivity index (χ1v) is 10.4. The first-order valence-electron chi connectivity index (χ1n) is 9.51. The van der Waals surface area contributed by atoms with Crippen LogP contribution in [0, 0.1) is 13.8 Å². The summed E-state index contributed by atoms with van der Waals surface area (Å²) >= 11 is 1.84. The van der Waals surface area contributed by atoms with Gasteiger partial charge in [-0.2, -0.15) is 0 Å². The van der Waals surface area contributed by atoms with Gasteiger partial charge in [-0.1, -0.05) is 12.1 Å². The van der Waals surface area contributed by atoms with Crippen LogP contribution >= 0.6 is 11.3 Å². The van der Waals surface area contributed by atoms with Crippen molar-refractivity contribution in [2.45, 2.75) is 64.2 Å². The van der Waals surface area contributed by atoms with E-state index in [-0.39, 0.29) is 12.1 Å². The standard InChI is InChI=1S/C21H27N3OS/c1-14-8-15(2)10-16(9-14)22-21(25)23-17-11-18-5-6-19(12-17)24(18)13-20-4-3-7-26-20/h3-4,7-10,17-19H,5-6,11-13H2,1-2H3,(H2,22,23,25)/t18-,19-/m0/s1. The number of carbonyl (C=O) groups is 1. The van der Waals surface area contributed by atoms with E-state index in [1.165, 1.54) is 28.8 Å². The third-order valence-electron chi connectivity index (χ3n) is 5.62. The van der Waals surface area contributed by atoms with Gasteiger partial charge in [-0.15, -0.1) is 11.3 Å². The number of piperidine rings is 1. The Bertz CT molecular complexity index is 739. The van der Waals surface area contributed by atoms with Gasteiger partial charge in [-0.25, -0.2) is 4.79 Å². The first kappa shape index (κ1) is 17.6. The highest BCUT2D eigenvalue weighted by Gasteiger charge is 2.41. The summed E-state index contributed by atoms with van der Waals surface area (Å²) in [6.07, 6.45) is 4.63. The zero-order chi connectivity index (χ0) is 18.1. The van der Waals surface area contributed by atoms with Gasteiger partial charge < -0.3 is 10.6 Å². The van der Waals surface area contributed by atoms with Crippen LogP contribution in [0.5, 0.6) is 0 Å². The lowest BCUT2D eigenvalue weighted by molar-refractivity contribution is 0.113. The Morgan fingerprint density at radius 2 is 1.85 bits per heavy atom. The number of hydrogen-bond donors (Lipinski definition) is 2. The highest BCUT2D eigenvalue weighted by molar-refractivity contribution is 7.09. The van der Waals surface area contributed by atoms with Gasteiger partial charge in [0.05, 0.1) is 0 Å². The lowest BCUT2D eigenvalue weighted by Crippen LogP contribution is -2.50. The van der Waals surface area contributed by atoms with Crippen LogP contribution < -0.4 is 10.6 Å². The minimum atomic E-state index is -0.0777. The quantitative estimate of drug-likeness (QED) is 0.822. The molecular weight excluding hydrogens is 342 g/mol. The molecule has 2 bridgehead atoms. The van der Waals surface area contributed by atoms with E-state index in [1.807, 2.05) is 23.5 Å². The molecule has 5 heteroatoms. The second-order valence-electron chi connectivity index (χ2n) is 7.78. The number of benzene rings is 1. The van der Waals surface area contributed by atoms with Crippen LogP contribution in [0.1, 0.15) is 41.7 Å². The monoisotopic (exact) mass is 369 g/mol. The van der Waals surface area contributed by atoms with E-state index in [2.05, 4.69) is 53.0 Å². The predicted octanol–water partition coefficient (Wildman–Crippen LogP) is 4.68. The van der Waals surface area contributed by atoms with Crippen molar-refractivity contribution in [3.8, 4) is 0 Å². The maximum Gasteiger partial charge on any atom is 0.319 e. The molecule has 138 valence electrons. The third kappa shape index (κ3) is 3.94. The number of amides is 2. The molecule has 0 radical (unpaired) electrons. The molecular formula is C21H27N3OS. The first-order chi connectivity index (χ1) is 12.6. The Balaban J connectivity index is 1.33. The number of thiophene rings is 1. The third-order valence-corrected chi connectivity index (χ3v) is 6.48. The van der Waals surface area contributed by atoms with Crippen molar-refractivity contribution in [1.29, 1.82) is 0 Å². The minimum Gasteiger partial charge on any atom is -0.335 e. The van der Waals surface area contributed by atoms with Crippen molar-refractivity contribution in [2.75, 3.05) is 5.32 Å². The van der Waals surface area contributed by atoms with Crippen LogP contribution in [0.25, 0.3) is 0 Å². The van der Waals surface area contributed by atoms with Crippen LogP contribution in [-0.4, -0.2) is 29.1 Å². The summed E-state index contributed by atoms with van der Waals surface area (Å²) in [7, 11) is 0. The second-order valence-corrected chi connectivity index (χ2v) is 8.81. The van der Waals surface area contributed by atoms with Gasteiger partial charge in [0, 0.05) is 35.2 Å². The maximum absolute atomic E-state index is 12.4. The summed E-state index contributed by atoms with van der Waals surface area (Å²) in [6.45, 7) is 5.17. The molecule has 2 aliphatic rings. The van der Waals surface area contributed by atoms with E-state index in [9.17, 15) is 4.79 Å². The molecule has 2 amide bonds. The molecule has 2 aromatic rings. The molecule has 2 aliphatic heterocycles. The van der Waals surface area contributed by atoms with Gasteiger partial charge >= 0.3 is 6.03 Å². The molecule has 0 unspecified atom stereocenters. The smallest absolute Gasteiger partial charge is 0.319 e. The van der Waals surface area contributed by atoms with Crippen molar-refractivity contribution in [3.63, 3.8) is 0 Å². The number of anilines is 1. The van der Waals surface area contributed by atoms with Crippen LogP contribution in [-0.2, 0) is 6.54 Å². The molecule has 2 saturated heterocycles. The highest BCUT2D eigenvalue weighted by atomic mass is 32.1. The van der Waals surface area contributed by atoms with Crippen molar-refractivity contribution in [1.82, 2.24) is 10.2 Å². The summed E-state index contributed by atoms with van der Waals surface area (Å²) in [5, 5.41) is 8.37. The fourth-order valence-electron chi connectivity index (χ4n) is 4.63. The molecule has 0 saturated carbocycles.